The molecule has 0 spiro atoms. The molecule has 4 rings (SSSR count). The molecule has 4 atom stereocenters. The first-order valence-electron chi connectivity index (χ1n) is 18.8. The molecule has 4 N–H and O–H groups in total. The van der Waals surface area contributed by atoms with Gasteiger partial charge in [0.15, 0.2) is 0 Å². The third kappa shape index (κ3) is 13.0. The molecule has 2 aromatic carbocycles. The van der Waals surface area contributed by atoms with Crippen LogP contribution >= 0.6 is 0 Å². The molecule has 4 unspecified atom stereocenters. The van der Waals surface area contributed by atoms with E-state index in [-0.39, 0.29) is 56.2 Å². The van der Waals surface area contributed by atoms with E-state index in [0.29, 0.717) is 31.6 Å². The van der Waals surface area contributed by atoms with Gasteiger partial charge < -0.3 is 30.3 Å². The molecule has 55 heavy (non-hydrogen) atoms. The molecule has 1 saturated heterocycles. The van der Waals surface area contributed by atoms with Crippen molar-refractivity contribution in [3.05, 3.63) is 101 Å². The quantitative estimate of drug-likeness (QED) is 0.130. The van der Waals surface area contributed by atoms with Crippen LogP contribution in [0.4, 0.5) is 14.0 Å². The number of aromatic nitrogens is 1. The number of rotatable bonds is 19. The number of nitrogens with one attached hydrogen (secondary N) is 3. The van der Waals surface area contributed by atoms with Crippen LogP contribution in [0.15, 0.2) is 72.8 Å². The van der Waals surface area contributed by atoms with Gasteiger partial charge >= 0.3 is 12.1 Å². The first-order valence-corrected chi connectivity index (χ1v) is 18.8. The van der Waals surface area contributed by atoms with Crippen molar-refractivity contribution in [3.8, 4) is 0 Å². The Hall–Kier alpha value is -5.08. The summed E-state index contributed by atoms with van der Waals surface area (Å²) in [5.41, 5.74) is 5.42. The highest BCUT2D eigenvalue weighted by Gasteiger charge is 2.41. The van der Waals surface area contributed by atoms with E-state index in [1.807, 2.05) is 83.1 Å². The van der Waals surface area contributed by atoms with Gasteiger partial charge in [-0.3, -0.25) is 20.0 Å². The number of hydrazine groups is 1. The molecule has 2 heterocycles. The maximum Gasteiger partial charge on any atom is 0.406 e. The average molecular weight is 762 g/mol. The molecule has 14 heteroatoms. The van der Waals surface area contributed by atoms with Gasteiger partial charge in [0, 0.05) is 44.8 Å². The highest BCUT2D eigenvalue weighted by atomic mass is 19.1. The fraction of sp³-hybridized carbons (Fsp3) is 0.488. The first-order chi connectivity index (χ1) is 26.2. The molecule has 13 nitrogen and oxygen atoms in total. The highest BCUT2D eigenvalue weighted by Crippen LogP contribution is 2.23. The molecule has 0 aliphatic carbocycles. The van der Waals surface area contributed by atoms with E-state index in [0.717, 1.165) is 17.0 Å². The fourth-order valence-corrected chi connectivity index (χ4v) is 6.65. The summed E-state index contributed by atoms with van der Waals surface area (Å²) in [4.78, 5) is 61.1. The summed E-state index contributed by atoms with van der Waals surface area (Å²) < 4.78 is 18.5. The number of aryl methyl sites for hydroxylation is 1. The molecule has 1 aromatic heterocycles. The van der Waals surface area contributed by atoms with Crippen molar-refractivity contribution < 1.29 is 33.4 Å². The molecule has 0 saturated carbocycles. The largest absolute Gasteiger partial charge is 0.453 e. The molecule has 3 aromatic rings. The van der Waals surface area contributed by atoms with Crippen molar-refractivity contribution in [3.63, 3.8) is 0 Å². The van der Waals surface area contributed by atoms with Crippen LogP contribution in [0.5, 0.6) is 0 Å². The van der Waals surface area contributed by atoms with Gasteiger partial charge in [-0.1, -0.05) is 82.6 Å². The summed E-state index contributed by atoms with van der Waals surface area (Å²) in [6.07, 6.45) is -0.882. The van der Waals surface area contributed by atoms with Crippen LogP contribution < -0.4 is 16.1 Å². The van der Waals surface area contributed by atoms with E-state index in [2.05, 4.69) is 25.8 Å². The molecule has 298 valence electrons. The normalized spacial score (nSPS) is 15.3. The second kappa shape index (κ2) is 20.0. The third-order valence-corrected chi connectivity index (χ3v) is 9.82. The zero-order valence-electron chi connectivity index (χ0n) is 32.8. The Kier molecular flexibility index (Phi) is 15.5. The number of aliphatic hydroxyl groups excluding tert-OH is 1. The summed E-state index contributed by atoms with van der Waals surface area (Å²) in [6.45, 7) is 10.8. The van der Waals surface area contributed by atoms with Crippen LogP contribution in [0.25, 0.3) is 0 Å². The predicted molar refractivity (Wildman–Crippen MR) is 207 cm³/mol. The first kappa shape index (κ1) is 42.7. The fourth-order valence-electron chi connectivity index (χ4n) is 6.65. The Morgan fingerprint density at radius 1 is 1.02 bits per heavy atom. The van der Waals surface area contributed by atoms with Gasteiger partial charge in [-0.25, -0.2) is 19.0 Å². The van der Waals surface area contributed by atoms with Crippen LogP contribution in [0, 0.1) is 24.1 Å². The van der Waals surface area contributed by atoms with Crippen molar-refractivity contribution >= 4 is 23.9 Å². The average Bonchev–Trinajstić information content (AvgIpc) is 3.49. The van der Waals surface area contributed by atoms with Crippen LogP contribution in [-0.4, -0.2) is 100 Å². The van der Waals surface area contributed by atoms with E-state index in [1.54, 1.807) is 26.9 Å². The third-order valence-electron chi connectivity index (χ3n) is 9.82. The van der Waals surface area contributed by atoms with Crippen LogP contribution in [0.3, 0.4) is 0 Å². The summed E-state index contributed by atoms with van der Waals surface area (Å²) in [7, 11) is 1.26. The Bertz CT molecular complexity index is 1730. The number of hydrogen-bond donors (Lipinski definition) is 4. The maximum atomic E-state index is 14.4. The minimum atomic E-state index is -1.20. The Balaban J connectivity index is 1.55. The van der Waals surface area contributed by atoms with Crippen molar-refractivity contribution in [2.24, 2.45) is 11.3 Å². The van der Waals surface area contributed by atoms with Gasteiger partial charge in [0.1, 0.15) is 11.9 Å². The number of halogens is 1. The van der Waals surface area contributed by atoms with Crippen molar-refractivity contribution in [2.75, 3.05) is 33.3 Å². The molecule has 0 bridgehead atoms. The maximum absolute atomic E-state index is 14.4. The topological polar surface area (TPSA) is 156 Å². The van der Waals surface area contributed by atoms with Crippen molar-refractivity contribution in [1.29, 1.82) is 0 Å². The zero-order valence-corrected chi connectivity index (χ0v) is 32.8. The number of carbonyl (C=O) groups is 4. The second-order valence-corrected chi connectivity index (χ2v) is 15.1. The molecule has 1 aliphatic rings. The van der Waals surface area contributed by atoms with Crippen LogP contribution in [0.2, 0.25) is 0 Å². The van der Waals surface area contributed by atoms with Gasteiger partial charge in [-0.15, -0.1) is 0 Å². The molecule has 1 aliphatic heterocycles. The minimum absolute atomic E-state index is 0.0224. The Labute approximate surface area is 323 Å². The number of ether oxygens (including phenoxy) is 1. The van der Waals surface area contributed by atoms with Crippen LogP contribution in [0.1, 0.15) is 63.1 Å². The van der Waals surface area contributed by atoms with E-state index in [9.17, 15) is 28.7 Å². The van der Waals surface area contributed by atoms with Crippen molar-refractivity contribution in [1.82, 2.24) is 35.9 Å². The van der Waals surface area contributed by atoms with E-state index in [1.165, 1.54) is 19.2 Å². The Morgan fingerprint density at radius 2 is 1.73 bits per heavy atom. The van der Waals surface area contributed by atoms with Crippen LogP contribution in [-0.2, 0) is 33.8 Å². The lowest BCUT2D eigenvalue weighted by molar-refractivity contribution is -0.131. The number of amides is 5. The molecule has 1 fully saturated rings. The summed E-state index contributed by atoms with van der Waals surface area (Å²) in [5, 5.41) is 19.2. The zero-order chi connectivity index (χ0) is 40.1. The Morgan fingerprint density at radius 3 is 2.38 bits per heavy atom. The van der Waals surface area contributed by atoms with Crippen molar-refractivity contribution in [2.45, 2.75) is 85.2 Å². The number of aliphatic hydroxyl groups is 1. The predicted octanol–water partition coefficient (Wildman–Crippen LogP) is 4.58. The van der Waals surface area contributed by atoms with Gasteiger partial charge in [-0.05, 0) is 60.1 Å². The number of alkyl carbamates (subject to hydrolysis) is 1. The standard InChI is InChI=1S/C41H56FN7O6/c1-7-28(2)37(49-21-20-47(40(49)54)25-33-15-11-12-29(3)44-33)38(52)45-34(22-30-13-9-8-10-14-30)35(50)26-48(24-31-16-18-32(42)19-17-31)46-36(51)23-41(4,5)27-43-39(53)55-6/h8-19,28,34-35,37,50H,7,20-27H2,1-6H3,(H,43,53)(H,45,52)(H,46,51). The number of urea groups is 1. The SMILES string of the molecule is CCC(C)C(C(=O)NC(Cc1ccccc1)C(O)CN(Cc1ccc(F)cc1)NC(=O)CC(C)(C)CNC(=O)OC)N1CCN(Cc2cccc(C)n2)C1=O. The van der Waals surface area contributed by atoms with E-state index in [4.69, 9.17) is 0 Å². The molecular weight excluding hydrogens is 705 g/mol. The lowest BCUT2D eigenvalue weighted by Gasteiger charge is -2.35. The summed E-state index contributed by atoms with van der Waals surface area (Å²) in [6, 6.07) is 19.1. The van der Waals surface area contributed by atoms with Gasteiger partial charge in [-0.2, -0.15) is 0 Å². The number of nitrogens with zero attached hydrogens (tertiary/aromatic N) is 4. The van der Waals surface area contributed by atoms with E-state index >= 15 is 0 Å². The second-order valence-electron chi connectivity index (χ2n) is 15.1. The summed E-state index contributed by atoms with van der Waals surface area (Å²) in [5.74, 6) is -1.36. The highest BCUT2D eigenvalue weighted by molar-refractivity contribution is 5.88. The number of benzene rings is 2. The van der Waals surface area contributed by atoms with E-state index < -0.39 is 35.5 Å². The minimum Gasteiger partial charge on any atom is -0.453 e. The molecule has 5 amide bonds. The monoisotopic (exact) mass is 761 g/mol. The molecular formula is C41H56FN7O6. The lowest BCUT2D eigenvalue weighted by Crippen LogP contribution is -2.58. The number of carbonyl (C=O) groups excluding carboxylic acids is 4. The van der Waals surface area contributed by atoms with Gasteiger partial charge in [0.25, 0.3) is 0 Å². The van der Waals surface area contributed by atoms with Gasteiger partial charge in [0.2, 0.25) is 11.8 Å². The molecule has 0 radical (unpaired) electrons. The van der Waals surface area contributed by atoms with Gasteiger partial charge in [0.05, 0.1) is 31.5 Å². The lowest BCUT2D eigenvalue weighted by atomic mass is 9.89. The summed E-state index contributed by atoms with van der Waals surface area (Å²) >= 11 is 0. The number of hydrogen-bond acceptors (Lipinski definition) is 8. The smallest absolute Gasteiger partial charge is 0.406 e. The number of pyridine rings is 1. The number of methoxy groups -OCH3 is 1.